The molecule has 1 atom stereocenters. The molecule has 1 N–H and O–H groups in total. The Morgan fingerprint density at radius 2 is 1.62 bits per heavy atom. The zero-order chi connectivity index (χ0) is 18.4. The van der Waals surface area contributed by atoms with Gasteiger partial charge in [0.15, 0.2) is 0 Å². The summed E-state index contributed by atoms with van der Waals surface area (Å²) in [6, 6.07) is 20.6. The number of rotatable bonds is 6. The van der Waals surface area contributed by atoms with Crippen LogP contribution in [0.4, 0.5) is 0 Å². The fraction of sp³-hybridized carbons (Fsp3) is 0.435. The number of likely N-dealkylation sites (tertiary alicyclic amines) is 1. The molecule has 0 radical (unpaired) electrons. The summed E-state index contributed by atoms with van der Waals surface area (Å²) < 4.78 is 0. The monoisotopic (exact) mass is 351 g/mol. The van der Waals surface area contributed by atoms with E-state index in [0.29, 0.717) is 6.42 Å². The first kappa shape index (κ1) is 18.7. The van der Waals surface area contributed by atoms with Gasteiger partial charge in [0.2, 0.25) is 5.91 Å². The summed E-state index contributed by atoms with van der Waals surface area (Å²) in [5.41, 5.74) is 2.38. The molecule has 1 saturated heterocycles. The number of aliphatic hydroxyl groups is 1. The van der Waals surface area contributed by atoms with Gasteiger partial charge in [-0.05, 0) is 36.3 Å². The molecule has 1 aliphatic rings. The van der Waals surface area contributed by atoms with Crippen LogP contribution in [0, 0.1) is 5.41 Å². The Hall–Kier alpha value is -2.13. The van der Waals surface area contributed by atoms with Crippen molar-refractivity contribution in [2.75, 3.05) is 19.7 Å². The standard InChI is InChI=1S/C23H29NO2/c1-19(21-10-6-3-7-11-21)16-22(26)24-14-12-23(18-25,13-15-24)17-20-8-4-2-5-9-20/h2-11,19,25H,12-18H2,1H3. The first-order valence-corrected chi connectivity index (χ1v) is 9.59. The Labute approximate surface area is 156 Å². The number of hydrogen-bond donors (Lipinski definition) is 1. The van der Waals surface area contributed by atoms with Crippen molar-refractivity contribution in [3.8, 4) is 0 Å². The predicted molar refractivity (Wildman–Crippen MR) is 105 cm³/mol. The van der Waals surface area contributed by atoms with E-state index in [4.69, 9.17) is 0 Å². The van der Waals surface area contributed by atoms with E-state index in [1.54, 1.807) is 0 Å². The van der Waals surface area contributed by atoms with E-state index in [-0.39, 0.29) is 23.8 Å². The van der Waals surface area contributed by atoms with Crippen molar-refractivity contribution in [3.05, 3.63) is 71.8 Å². The summed E-state index contributed by atoms with van der Waals surface area (Å²) in [4.78, 5) is 14.7. The lowest BCUT2D eigenvalue weighted by Gasteiger charge is -2.41. The maximum absolute atomic E-state index is 12.7. The van der Waals surface area contributed by atoms with Gasteiger partial charge < -0.3 is 10.0 Å². The minimum Gasteiger partial charge on any atom is -0.396 e. The largest absolute Gasteiger partial charge is 0.396 e. The Morgan fingerprint density at radius 1 is 1.04 bits per heavy atom. The highest BCUT2D eigenvalue weighted by Gasteiger charge is 2.35. The normalized spacial score (nSPS) is 17.7. The van der Waals surface area contributed by atoms with E-state index >= 15 is 0 Å². The van der Waals surface area contributed by atoms with E-state index in [2.05, 4.69) is 31.2 Å². The molecule has 2 aromatic carbocycles. The maximum Gasteiger partial charge on any atom is 0.223 e. The molecule has 1 unspecified atom stereocenters. The molecule has 3 nitrogen and oxygen atoms in total. The van der Waals surface area contributed by atoms with Crippen LogP contribution in [0.3, 0.4) is 0 Å². The second-order valence-corrected chi connectivity index (χ2v) is 7.72. The van der Waals surface area contributed by atoms with Gasteiger partial charge in [-0.3, -0.25) is 4.79 Å². The zero-order valence-electron chi connectivity index (χ0n) is 15.6. The van der Waals surface area contributed by atoms with E-state index in [1.807, 2.05) is 41.3 Å². The quantitative estimate of drug-likeness (QED) is 0.854. The number of carbonyl (C=O) groups is 1. The van der Waals surface area contributed by atoms with Crippen LogP contribution in [-0.2, 0) is 11.2 Å². The second kappa shape index (κ2) is 8.50. The van der Waals surface area contributed by atoms with Gasteiger partial charge >= 0.3 is 0 Å². The van der Waals surface area contributed by atoms with E-state index in [0.717, 1.165) is 32.4 Å². The van der Waals surface area contributed by atoms with Gasteiger partial charge in [-0.1, -0.05) is 67.6 Å². The van der Waals surface area contributed by atoms with Gasteiger partial charge in [0.05, 0.1) is 0 Å². The molecule has 0 bridgehead atoms. The molecule has 3 rings (SSSR count). The van der Waals surface area contributed by atoms with Crippen molar-refractivity contribution in [1.29, 1.82) is 0 Å². The molecular formula is C23H29NO2. The Kier molecular flexibility index (Phi) is 6.10. The van der Waals surface area contributed by atoms with Crippen molar-refractivity contribution < 1.29 is 9.90 Å². The van der Waals surface area contributed by atoms with Crippen molar-refractivity contribution in [3.63, 3.8) is 0 Å². The van der Waals surface area contributed by atoms with Gasteiger partial charge in [0.25, 0.3) is 0 Å². The number of piperidine rings is 1. The van der Waals surface area contributed by atoms with Crippen LogP contribution in [0.15, 0.2) is 60.7 Å². The summed E-state index contributed by atoms with van der Waals surface area (Å²) in [7, 11) is 0. The van der Waals surface area contributed by atoms with Crippen molar-refractivity contribution >= 4 is 5.91 Å². The number of nitrogens with zero attached hydrogens (tertiary/aromatic N) is 1. The van der Waals surface area contributed by atoms with Gasteiger partial charge in [0, 0.05) is 31.5 Å². The van der Waals surface area contributed by atoms with Crippen LogP contribution in [0.2, 0.25) is 0 Å². The average molecular weight is 351 g/mol. The third-order valence-electron chi connectivity index (χ3n) is 5.78. The van der Waals surface area contributed by atoms with Crippen LogP contribution in [-0.4, -0.2) is 35.6 Å². The van der Waals surface area contributed by atoms with Crippen molar-refractivity contribution in [2.24, 2.45) is 5.41 Å². The lowest BCUT2D eigenvalue weighted by Crippen LogP contribution is -2.45. The topological polar surface area (TPSA) is 40.5 Å². The van der Waals surface area contributed by atoms with Crippen molar-refractivity contribution in [2.45, 2.75) is 38.5 Å². The molecule has 138 valence electrons. The zero-order valence-corrected chi connectivity index (χ0v) is 15.6. The SMILES string of the molecule is CC(CC(=O)N1CCC(CO)(Cc2ccccc2)CC1)c1ccccc1. The third kappa shape index (κ3) is 4.53. The molecule has 0 aliphatic carbocycles. The number of carbonyl (C=O) groups excluding carboxylic acids is 1. The summed E-state index contributed by atoms with van der Waals surface area (Å²) in [6.07, 6.45) is 3.16. The maximum atomic E-state index is 12.7. The summed E-state index contributed by atoms with van der Waals surface area (Å²) in [5, 5.41) is 10.0. The first-order valence-electron chi connectivity index (χ1n) is 9.59. The van der Waals surface area contributed by atoms with Gasteiger partial charge in [-0.15, -0.1) is 0 Å². The Bertz CT molecular complexity index is 691. The van der Waals surface area contributed by atoms with Crippen LogP contribution in [0.1, 0.15) is 43.2 Å². The molecule has 0 saturated carbocycles. The minimum atomic E-state index is -0.0941. The Balaban J connectivity index is 1.56. The van der Waals surface area contributed by atoms with Gasteiger partial charge in [-0.2, -0.15) is 0 Å². The third-order valence-corrected chi connectivity index (χ3v) is 5.78. The molecular weight excluding hydrogens is 322 g/mol. The molecule has 0 aromatic heterocycles. The first-order chi connectivity index (χ1) is 12.6. The molecule has 3 heteroatoms. The highest BCUT2D eigenvalue weighted by Crippen LogP contribution is 2.35. The average Bonchev–Trinajstić information content (AvgIpc) is 2.70. The van der Waals surface area contributed by atoms with E-state index in [1.165, 1.54) is 11.1 Å². The fourth-order valence-electron chi connectivity index (χ4n) is 3.94. The summed E-state index contributed by atoms with van der Waals surface area (Å²) in [6.45, 7) is 3.79. The van der Waals surface area contributed by atoms with Crippen LogP contribution >= 0.6 is 0 Å². The van der Waals surface area contributed by atoms with Gasteiger partial charge in [-0.25, -0.2) is 0 Å². The smallest absolute Gasteiger partial charge is 0.223 e. The Morgan fingerprint density at radius 3 is 2.19 bits per heavy atom. The summed E-state index contributed by atoms with van der Waals surface area (Å²) >= 11 is 0. The predicted octanol–water partition coefficient (Wildman–Crippen LogP) is 4.02. The van der Waals surface area contributed by atoms with Crippen LogP contribution in [0.25, 0.3) is 0 Å². The molecule has 1 heterocycles. The highest BCUT2D eigenvalue weighted by atomic mass is 16.3. The van der Waals surface area contributed by atoms with E-state index in [9.17, 15) is 9.90 Å². The van der Waals surface area contributed by atoms with Crippen LogP contribution < -0.4 is 0 Å². The van der Waals surface area contributed by atoms with Gasteiger partial charge in [0.1, 0.15) is 0 Å². The molecule has 1 fully saturated rings. The summed E-state index contributed by atoms with van der Waals surface area (Å²) in [5.74, 6) is 0.463. The number of amides is 1. The molecule has 2 aromatic rings. The minimum absolute atomic E-state index is 0.0941. The number of benzene rings is 2. The molecule has 1 amide bonds. The molecule has 26 heavy (non-hydrogen) atoms. The second-order valence-electron chi connectivity index (χ2n) is 7.72. The fourth-order valence-corrected chi connectivity index (χ4v) is 3.94. The number of hydrogen-bond acceptors (Lipinski definition) is 2. The number of aliphatic hydroxyl groups excluding tert-OH is 1. The molecule has 1 aliphatic heterocycles. The lowest BCUT2D eigenvalue weighted by molar-refractivity contribution is -0.134. The van der Waals surface area contributed by atoms with Crippen molar-refractivity contribution in [1.82, 2.24) is 4.90 Å². The van der Waals surface area contributed by atoms with E-state index < -0.39 is 0 Å². The molecule has 0 spiro atoms. The van der Waals surface area contributed by atoms with Crippen LogP contribution in [0.5, 0.6) is 0 Å². The lowest BCUT2D eigenvalue weighted by atomic mass is 9.74. The highest BCUT2D eigenvalue weighted by molar-refractivity contribution is 5.77.